The second-order valence-electron chi connectivity index (χ2n) is 5.64. The van der Waals surface area contributed by atoms with Crippen LogP contribution < -0.4 is 10.3 Å². The Labute approximate surface area is 143 Å². The van der Waals surface area contributed by atoms with Gasteiger partial charge < -0.3 is 9.84 Å². The molecule has 0 aliphatic rings. The lowest BCUT2D eigenvalue weighted by Crippen LogP contribution is -2.32. The van der Waals surface area contributed by atoms with Gasteiger partial charge >= 0.3 is 0 Å². The molecule has 0 saturated heterocycles. The minimum absolute atomic E-state index is 0.0135. The van der Waals surface area contributed by atoms with Gasteiger partial charge in [0.1, 0.15) is 24.0 Å². The quantitative estimate of drug-likeness (QED) is 0.683. The number of hydrogen-bond acceptors (Lipinski definition) is 6. The number of aliphatic hydroxyl groups excluding tert-OH is 1. The Morgan fingerprint density at radius 1 is 1.20 bits per heavy atom. The zero-order chi connectivity index (χ0) is 17.8. The highest BCUT2D eigenvalue weighted by Gasteiger charge is 2.11. The summed E-state index contributed by atoms with van der Waals surface area (Å²) in [5.74, 6) is 0.502. The van der Waals surface area contributed by atoms with Gasteiger partial charge in [0.25, 0.3) is 5.56 Å². The molecule has 0 amide bonds. The van der Waals surface area contributed by atoms with Crippen LogP contribution in [0.5, 0.6) is 5.75 Å². The number of benzene rings is 2. The van der Waals surface area contributed by atoms with E-state index in [-0.39, 0.29) is 24.5 Å². The van der Waals surface area contributed by atoms with Gasteiger partial charge in [0, 0.05) is 5.56 Å². The highest BCUT2D eigenvalue weighted by molar-refractivity contribution is 5.94. The van der Waals surface area contributed by atoms with Gasteiger partial charge in [0.05, 0.1) is 11.9 Å². The Hall–Kier alpha value is -3.06. The van der Waals surface area contributed by atoms with Crippen molar-refractivity contribution < 1.29 is 14.6 Å². The number of fused-ring (bicyclic) bond motifs is 1. The summed E-state index contributed by atoms with van der Waals surface area (Å²) in [6, 6.07) is 13.5. The minimum atomic E-state index is -0.930. The Morgan fingerprint density at radius 3 is 2.64 bits per heavy atom. The fourth-order valence-corrected chi connectivity index (χ4v) is 2.37. The standard InChI is InChI=1S/C18H17N3O4/c1-12(22)13-6-8-15(9-7-13)25-11-14(23)10-21-18(24)16-4-2-3-5-17(16)19-20-21/h2-9,14,23H,10-11H2,1H3/t14-/m1/s1. The maximum atomic E-state index is 12.3. The molecular weight excluding hydrogens is 322 g/mol. The molecule has 7 heteroatoms. The molecule has 128 valence electrons. The van der Waals surface area contributed by atoms with E-state index in [0.717, 1.165) is 4.68 Å². The summed E-state index contributed by atoms with van der Waals surface area (Å²) in [6.07, 6.45) is -0.930. The average molecular weight is 339 g/mol. The molecule has 0 aliphatic carbocycles. The van der Waals surface area contributed by atoms with Crippen LogP contribution in [0.4, 0.5) is 0 Å². The fourth-order valence-electron chi connectivity index (χ4n) is 2.37. The van der Waals surface area contributed by atoms with Crippen molar-refractivity contribution in [2.75, 3.05) is 6.61 Å². The van der Waals surface area contributed by atoms with Gasteiger partial charge in [-0.05, 0) is 43.3 Å². The predicted octanol–water partition coefficient (Wildman–Crippen LogP) is 1.43. The van der Waals surface area contributed by atoms with E-state index < -0.39 is 6.10 Å². The Kier molecular flexibility index (Phi) is 4.85. The first-order chi connectivity index (χ1) is 12.0. The molecule has 0 fully saturated rings. The van der Waals surface area contributed by atoms with E-state index in [1.807, 2.05) is 0 Å². The second-order valence-corrected chi connectivity index (χ2v) is 5.64. The topological polar surface area (TPSA) is 94.3 Å². The lowest BCUT2D eigenvalue weighted by molar-refractivity contribution is 0.0872. The van der Waals surface area contributed by atoms with Gasteiger partial charge in [0.15, 0.2) is 5.78 Å². The maximum Gasteiger partial charge on any atom is 0.277 e. The summed E-state index contributed by atoms with van der Waals surface area (Å²) in [5.41, 5.74) is 0.793. The lowest BCUT2D eigenvalue weighted by Gasteiger charge is -2.13. The average Bonchev–Trinajstić information content (AvgIpc) is 2.63. The van der Waals surface area contributed by atoms with Crippen LogP contribution in [0.2, 0.25) is 0 Å². The van der Waals surface area contributed by atoms with Crippen molar-refractivity contribution in [3.8, 4) is 5.75 Å². The fraction of sp³-hybridized carbons (Fsp3) is 0.222. The molecule has 1 heterocycles. The number of aromatic nitrogens is 3. The molecule has 0 aliphatic heterocycles. The zero-order valence-electron chi connectivity index (χ0n) is 13.6. The summed E-state index contributed by atoms with van der Waals surface area (Å²) in [5, 5.41) is 18.3. The largest absolute Gasteiger partial charge is 0.491 e. The van der Waals surface area contributed by atoms with Gasteiger partial charge in [0.2, 0.25) is 0 Å². The van der Waals surface area contributed by atoms with Gasteiger partial charge in [-0.15, -0.1) is 5.10 Å². The van der Waals surface area contributed by atoms with Crippen LogP contribution in [-0.4, -0.2) is 38.6 Å². The van der Waals surface area contributed by atoms with Crippen molar-refractivity contribution in [3.05, 3.63) is 64.4 Å². The molecule has 3 rings (SSSR count). The normalized spacial score (nSPS) is 12.1. The summed E-state index contributed by atoms with van der Waals surface area (Å²) in [4.78, 5) is 23.5. The molecule has 0 bridgehead atoms. The third-order valence-electron chi connectivity index (χ3n) is 3.72. The Morgan fingerprint density at radius 2 is 1.92 bits per heavy atom. The molecule has 0 radical (unpaired) electrons. The molecule has 1 atom stereocenters. The highest BCUT2D eigenvalue weighted by atomic mass is 16.5. The third kappa shape index (κ3) is 3.89. The monoisotopic (exact) mass is 339 g/mol. The van der Waals surface area contributed by atoms with Crippen molar-refractivity contribution in [2.24, 2.45) is 0 Å². The number of ether oxygens (including phenoxy) is 1. The molecular formula is C18H17N3O4. The third-order valence-corrected chi connectivity index (χ3v) is 3.72. The summed E-state index contributed by atoms with van der Waals surface area (Å²) >= 11 is 0. The number of rotatable bonds is 6. The first-order valence-corrected chi connectivity index (χ1v) is 7.79. The number of Topliss-reactive ketones (excluding diaryl/α,β-unsaturated/α-hetero) is 1. The van der Waals surface area contributed by atoms with E-state index in [1.54, 1.807) is 48.5 Å². The van der Waals surface area contributed by atoms with Gasteiger partial charge in [-0.1, -0.05) is 17.3 Å². The van der Waals surface area contributed by atoms with Crippen LogP contribution >= 0.6 is 0 Å². The highest BCUT2D eigenvalue weighted by Crippen LogP contribution is 2.13. The molecule has 2 aromatic carbocycles. The first kappa shape index (κ1) is 16.8. The molecule has 7 nitrogen and oxygen atoms in total. The van der Waals surface area contributed by atoms with E-state index in [4.69, 9.17) is 4.74 Å². The van der Waals surface area contributed by atoms with E-state index in [0.29, 0.717) is 22.2 Å². The predicted molar refractivity (Wildman–Crippen MR) is 91.7 cm³/mol. The van der Waals surface area contributed by atoms with Crippen LogP contribution in [0.3, 0.4) is 0 Å². The van der Waals surface area contributed by atoms with Crippen molar-refractivity contribution in [1.82, 2.24) is 15.0 Å². The van der Waals surface area contributed by atoms with Gasteiger partial charge in [-0.25, -0.2) is 4.68 Å². The van der Waals surface area contributed by atoms with Crippen LogP contribution in [0.15, 0.2) is 53.3 Å². The molecule has 0 spiro atoms. The Balaban J connectivity index is 1.64. The van der Waals surface area contributed by atoms with Crippen molar-refractivity contribution in [1.29, 1.82) is 0 Å². The number of hydrogen-bond donors (Lipinski definition) is 1. The zero-order valence-corrected chi connectivity index (χ0v) is 13.6. The Bertz CT molecular complexity index is 950. The molecule has 1 N–H and O–H groups in total. The van der Waals surface area contributed by atoms with Crippen molar-refractivity contribution >= 4 is 16.7 Å². The van der Waals surface area contributed by atoms with Crippen LogP contribution in [-0.2, 0) is 6.54 Å². The number of ketones is 1. The van der Waals surface area contributed by atoms with E-state index in [2.05, 4.69) is 10.3 Å². The molecule has 1 aromatic heterocycles. The molecule has 3 aromatic rings. The van der Waals surface area contributed by atoms with Crippen molar-refractivity contribution in [3.63, 3.8) is 0 Å². The number of carbonyl (C=O) groups is 1. The lowest BCUT2D eigenvalue weighted by atomic mass is 10.1. The summed E-state index contributed by atoms with van der Waals surface area (Å²) in [6.45, 7) is 1.45. The summed E-state index contributed by atoms with van der Waals surface area (Å²) in [7, 11) is 0. The smallest absolute Gasteiger partial charge is 0.277 e. The SMILES string of the molecule is CC(=O)c1ccc(OC[C@H](O)Cn2nnc3ccccc3c2=O)cc1. The van der Waals surface area contributed by atoms with E-state index in [9.17, 15) is 14.7 Å². The molecule has 0 saturated carbocycles. The molecule has 0 unspecified atom stereocenters. The van der Waals surface area contributed by atoms with Gasteiger partial charge in [-0.3, -0.25) is 9.59 Å². The van der Waals surface area contributed by atoms with E-state index >= 15 is 0 Å². The number of aliphatic hydroxyl groups is 1. The minimum Gasteiger partial charge on any atom is -0.491 e. The second kappa shape index (κ2) is 7.23. The number of carbonyl (C=O) groups excluding carboxylic acids is 1. The van der Waals surface area contributed by atoms with Crippen LogP contribution in [0.25, 0.3) is 10.9 Å². The molecule has 25 heavy (non-hydrogen) atoms. The van der Waals surface area contributed by atoms with Crippen LogP contribution in [0, 0.1) is 0 Å². The summed E-state index contributed by atoms with van der Waals surface area (Å²) < 4.78 is 6.60. The first-order valence-electron chi connectivity index (χ1n) is 7.79. The van der Waals surface area contributed by atoms with Crippen molar-refractivity contribution in [2.45, 2.75) is 19.6 Å². The maximum absolute atomic E-state index is 12.3. The van der Waals surface area contributed by atoms with Crippen LogP contribution in [0.1, 0.15) is 17.3 Å². The van der Waals surface area contributed by atoms with E-state index in [1.165, 1.54) is 6.92 Å². The van der Waals surface area contributed by atoms with Gasteiger partial charge in [-0.2, -0.15) is 0 Å². The number of nitrogens with zero attached hydrogens (tertiary/aromatic N) is 3.